The van der Waals surface area contributed by atoms with Gasteiger partial charge in [-0.1, -0.05) is 24.3 Å². The van der Waals surface area contributed by atoms with E-state index in [1.807, 2.05) is 6.26 Å². The van der Waals surface area contributed by atoms with Crippen molar-refractivity contribution in [2.45, 2.75) is 18.1 Å². The molecule has 9 nitrogen and oxygen atoms in total. The van der Waals surface area contributed by atoms with Crippen molar-refractivity contribution in [3.63, 3.8) is 0 Å². The molecular weight excluding hydrogens is 493 g/mol. The van der Waals surface area contributed by atoms with E-state index in [9.17, 15) is 18.0 Å². The van der Waals surface area contributed by atoms with E-state index in [1.165, 1.54) is 41.3 Å². The normalized spacial score (nSPS) is 11.7. The summed E-state index contributed by atoms with van der Waals surface area (Å²) >= 11 is 1.38. The number of hydrogen-bond acceptors (Lipinski definition) is 7. The number of halogens is 3. The average molecular weight is 511 g/mol. The Morgan fingerprint density at radius 3 is 2.39 bits per heavy atom. The van der Waals surface area contributed by atoms with Gasteiger partial charge < -0.3 is 5.32 Å². The summed E-state index contributed by atoms with van der Waals surface area (Å²) < 4.78 is 43.5. The molecule has 1 amide bonds. The third-order valence-electron chi connectivity index (χ3n) is 5.36. The first-order chi connectivity index (χ1) is 17.3. The first-order valence-electron chi connectivity index (χ1n) is 10.5. The summed E-state index contributed by atoms with van der Waals surface area (Å²) in [4.78, 5) is 22.8. The highest BCUT2D eigenvalue weighted by atomic mass is 32.2. The number of carbonyl (C=O) groups excluding carboxylic acids is 1. The molecule has 0 atom stereocenters. The van der Waals surface area contributed by atoms with Gasteiger partial charge in [0.05, 0.1) is 47.9 Å². The number of pyridine rings is 2. The van der Waals surface area contributed by atoms with Crippen molar-refractivity contribution in [3.8, 4) is 11.5 Å². The number of anilines is 1. The first kappa shape index (κ1) is 23.5. The second-order valence-corrected chi connectivity index (χ2v) is 8.45. The van der Waals surface area contributed by atoms with Gasteiger partial charge >= 0.3 is 6.18 Å². The zero-order valence-corrected chi connectivity index (χ0v) is 19.7. The molecule has 0 unspecified atom stereocenters. The van der Waals surface area contributed by atoms with Crippen LogP contribution in [-0.2, 0) is 6.18 Å². The zero-order valence-electron chi connectivity index (χ0n) is 18.9. The number of alkyl halides is 3. The number of nitrogens with one attached hydrogen (secondary N) is 1. The molecule has 0 aliphatic carbocycles. The van der Waals surface area contributed by atoms with Crippen LogP contribution in [0.2, 0.25) is 0 Å². The molecule has 4 aromatic heterocycles. The minimum atomic E-state index is -4.87. The lowest BCUT2D eigenvalue weighted by atomic mass is 10.1. The SMILES string of the molecule is CSc1ncc(-n2ncc(C(=O)Nc3cnc(-n4nccn4)c(C)c3)c2C(F)(F)F)c2ccccc12. The lowest BCUT2D eigenvalue weighted by molar-refractivity contribution is -0.143. The largest absolute Gasteiger partial charge is 0.434 e. The number of fused-ring (bicyclic) bond motifs is 1. The molecule has 0 saturated heterocycles. The van der Waals surface area contributed by atoms with E-state index >= 15 is 0 Å². The molecule has 0 aliphatic heterocycles. The number of thioether (sulfide) groups is 1. The van der Waals surface area contributed by atoms with Crippen LogP contribution in [0.15, 0.2) is 66.3 Å². The van der Waals surface area contributed by atoms with Gasteiger partial charge in [-0.25, -0.2) is 14.6 Å². The van der Waals surface area contributed by atoms with Crippen molar-refractivity contribution < 1.29 is 18.0 Å². The summed E-state index contributed by atoms with van der Waals surface area (Å²) in [6.45, 7) is 1.72. The van der Waals surface area contributed by atoms with Gasteiger partial charge in [0, 0.05) is 10.8 Å². The number of carbonyl (C=O) groups is 1. The van der Waals surface area contributed by atoms with E-state index in [0.29, 0.717) is 31.9 Å². The molecule has 5 aromatic rings. The van der Waals surface area contributed by atoms with Gasteiger partial charge in [-0.3, -0.25) is 4.79 Å². The van der Waals surface area contributed by atoms with Crippen molar-refractivity contribution in [2.75, 3.05) is 11.6 Å². The maximum atomic E-state index is 14.3. The third kappa shape index (κ3) is 4.17. The van der Waals surface area contributed by atoms with E-state index in [1.54, 1.807) is 37.3 Å². The van der Waals surface area contributed by atoms with Gasteiger partial charge in [0.15, 0.2) is 11.5 Å². The highest BCUT2D eigenvalue weighted by molar-refractivity contribution is 7.98. The van der Waals surface area contributed by atoms with Gasteiger partial charge in [-0.15, -0.1) is 16.6 Å². The molecule has 182 valence electrons. The summed E-state index contributed by atoms with van der Waals surface area (Å²) in [5.41, 5.74) is -0.891. The van der Waals surface area contributed by atoms with Gasteiger partial charge in [0.25, 0.3) is 5.91 Å². The van der Waals surface area contributed by atoms with Gasteiger partial charge in [0.1, 0.15) is 5.03 Å². The number of rotatable bonds is 5. The van der Waals surface area contributed by atoms with Crippen LogP contribution in [-0.4, -0.2) is 46.9 Å². The van der Waals surface area contributed by atoms with Gasteiger partial charge in [-0.05, 0) is 24.8 Å². The number of aryl methyl sites for hydroxylation is 1. The Labute approximate surface area is 206 Å². The Kier molecular flexibility index (Phi) is 5.92. The van der Waals surface area contributed by atoms with E-state index in [4.69, 9.17) is 0 Å². The highest BCUT2D eigenvalue weighted by Crippen LogP contribution is 2.36. The van der Waals surface area contributed by atoms with E-state index in [-0.39, 0.29) is 11.4 Å². The smallest absolute Gasteiger partial charge is 0.320 e. The maximum Gasteiger partial charge on any atom is 0.434 e. The number of benzene rings is 1. The molecule has 1 aromatic carbocycles. The molecule has 0 radical (unpaired) electrons. The van der Waals surface area contributed by atoms with Gasteiger partial charge in [-0.2, -0.15) is 28.5 Å². The van der Waals surface area contributed by atoms with Crippen LogP contribution in [0.3, 0.4) is 0 Å². The minimum absolute atomic E-state index is 0.114. The Hall–Kier alpha value is -4.26. The van der Waals surface area contributed by atoms with Crippen LogP contribution in [0.5, 0.6) is 0 Å². The van der Waals surface area contributed by atoms with Crippen molar-refractivity contribution >= 4 is 34.1 Å². The Morgan fingerprint density at radius 2 is 1.72 bits per heavy atom. The monoisotopic (exact) mass is 510 g/mol. The predicted octanol–water partition coefficient (Wildman–Crippen LogP) is 4.70. The molecule has 0 saturated carbocycles. The fraction of sp³-hybridized carbons (Fsp3) is 0.130. The molecule has 0 bridgehead atoms. The van der Waals surface area contributed by atoms with Crippen molar-refractivity contribution in [3.05, 3.63) is 78.1 Å². The first-order valence-corrected chi connectivity index (χ1v) is 11.7. The van der Waals surface area contributed by atoms with Crippen LogP contribution in [0.1, 0.15) is 21.6 Å². The van der Waals surface area contributed by atoms with Crippen LogP contribution in [0.4, 0.5) is 18.9 Å². The highest BCUT2D eigenvalue weighted by Gasteiger charge is 2.41. The molecular formula is C23H17F3N8OS. The Morgan fingerprint density at radius 1 is 1.00 bits per heavy atom. The summed E-state index contributed by atoms with van der Waals surface area (Å²) in [7, 11) is 0. The molecule has 5 rings (SSSR count). The number of nitrogens with zero attached hydrogens (tertiary/aromatic N) is 7. The predicted molar refractivity (Wildman–Crippen MR) is 127 cm³/mol. The van der Waals surface area contributed by atoms with Crippen molar-refractivity contribution in [2.24, 2.45) is 0 Å². The minimum Gasteiger partial charge on any atom is -0.320 e. The second-order valence-electron chi connectivity index (χ2n) is 7.65. The lowest BCUT2D eigenvalue weighted by Crippen LogP contribution is -2.21. The van der Waals surface area contributed by atoms with Crippen LogP contribution in [0, 0.1) is 6.92 Å². The fourth-order valence-electron chi connectivity index (χ4n) is 3.82. The summed E-state index contributed by atoms with van der Waals surface area (Å²) in [6.07, 6.45) is 3.48. The zero-order chi connectivity index (χ0) is 25.4. The number of hydrogen-bond donors (Lipinski definition) is 1. The number of aromatic nitrogens is 7. The lowest BCUT2D eigenvalue weighted by Gasteiger charge is -2.15. The van der Waals surface area contributed by atoms with Crippen LogP contribution < -0.4 is 5.32 Å². The molecule has 0 aliphatic rings. The summed E-state index contributed by atoms with van der Waals surface area (Å²) in [5, 5.41) is 16.3. The van der Waals surface area contributed by atoms with Crippen LogP contribution >= 0.6 is 11.8 Å². The summed E-state index contributed by atoms with van der Waals surface area (Å²) in [6, 6.07) is 8.54. The standard InChI is InChI=1S/C23H17F3N8OS/c1-13-9-14(10-27-20(13)34-29-7-8-30-34)32-21(35)17-11-31-33(19(17)23(24,25)26)18-12-28-22(36-2)16-6-4-3-5-15(16)18/h3-12H,1-2H3,(H,32,35). The molecule has 0 fully saturated rings. The van der Waals surface area contributed by atoms with Crippen molar-refractivity contribution in [1.29, 1.82) is 0 Å². The molecule has 0 spiro atoms. The molecule has 4 heterocycles. The number of amides is 1. The van der Waals surface area contributed by atoms with Gasteiger partial charge in [0.2, 0.25) is 0 Å². The molecule has 1 N–H and O–H groups in total. The van der Waals surface area contributed by atoms with Crippen molar-refractivity contribution in [1.82, 2.24) is 34.7 Å². The van der Waals surface area contributed by atoms with E-state index < -0.39 is 23.3 Å². The average Bonchev–Trinajstić information content (AvgIpc) is 3.54. The molecule has 36 heavy (non-hydrogen) atoms. The van der Waals surface area contributed by atoms with E-state index in [2.05, 4.69) is 30.6 Å². The fourth-order valence-corrected chi connectivity index (χ4v) is 4.38. The second kappa shape index (κ2) is 9.07. The van der Waals surface area contributed by atoms with E-state index in [0.717, 1.165) is 6.20 Å². The quantitative estimate of drug-likeness (QED) is 0.342. The Balaban J connectivity index is 1.54. The van der Waals surface area contributed by atoms with Crippen LogP contribution in [0.25, 0.3) is 22.3 Å². The Bertz CT molecular complexity index is 1580. The topological polar surface area (TPSA) is 103 Å². The molecule has 13 heteroatoms. The summed E-state index contributed by atoms with van der Waals surface area (Å²) in [5.74, 6) is -0.549. The maximum absolute atomic E-state index is 14.3. The third-order valence-corrected chi connectivity index (χ3v) is 6.07.